The maximum absolute atomic E-state index is 15.3. The molecule has 2 aromatic heterocycles. The quantitative estimate of drug-likeness (QED) is 0.317. The van der Waals surface area contributed by atoms with Crippen molar-refractivity contribution in [3.8, 4) is 11.4 Å². The second-order valence-corrected chi connectivity index (χ2v) is 12.8. The number of fused-ring (bicyclic) bond motifs is 5. The van der Waals surface area contributed by atoms with Gasteiger partial charge >= 0.3 is 12.1 Å². The highest BCUT2D eigenvalue weighted by atomic mass is 19.1. The molecule has 3 aromatic rings. The molecule has 1 amide bonds. The van der Waals surface area contributed by atoms with Crippen molar-refractivity contribution in [2.45, 2.75) is 70.3 Å². The van der Waals surface area contributed by atoms with Gasteiger partial charge in [0.25, 0.3) is 5.56 Å². The van der Waals surface area contributed by atoms with Gasteiger partial charge in [-0.1, -0.05) is 6.92 Å². The van der Waals surface area contributed by atoms with Crippen molar-refractivity contribution in [2.75, 3.05) is 13.1 Å². The highest BCUT2D eigenvalue weighted by molar-refractivity contribution is 5.94. The lowest BCUT2D eigenvalue weighted by molar-refractivity contribution is -0.172. The summed E-state index contributed by atoms with van der Waals surface area (Å²) >= 11 is 0. The third-order valence-corrected chi connectivity index (χ3v) is 10.8. The molecule has 8 rings (SSSR count). The van der Waals surface area contributed by atoms with Crippen LogP contribution in [0.1, 0.15) is 66.0 Å². The SMILES string of the molecule is CC[C@@]1(O)C(=O)OCc2c1cc1n(c2=O)Cc2c-1nc1cc(F)c(C)c3c1c2[C@@](OC(N)=O)(C1CC2(CNC2)C1)CC3. The van der Waals surface area contributed by atoms with E-state index in [1.165, 1.54) is 6.07 Å². The summed E-state index contributed by atoms with van der Waals surface area (Å²) in [5.41, 5.74) is 7.00. The summed E-state index contributed by atoms with van der Waals surface area (Å²) in [6.07, 6.45) is 1.78. The topological polar surface area (TPSA) is 146 Å². The minimum atomic E-state index is -1.97. The molecule has 1 spiro atoms. The number of carbonyl (C=O) groups is 2. The fourth-order valence-electron chi connectivity index (χ4n) is 8.46. The Labute approximate surface area is 240 Å². The van der Waals surface area contributed by atoms with Gasteiger partial charge in [0.15, 0.2) is 5.60 Å². The molecule has 1 saturated carbocycles. The van der Waals surface area contributed by atoms with E-state index in [0.29, 0.717) is 35.3 Å². The van der Waals surface area contributed by atoms with Crippen LogP contribution in [0.5, 0.6) is 0 Å². The van der Waals surface area contributed by atoms with E-state index in [1.807, 2.05) is 0 Å². The Balaban J connectivity index is 1.43. The lowest BCUT2D eigenvalue weighted by Crippen LogP contribution is -2.64. The Bertz CT molecular complexity index is 1840. The summed E-state index contributed by atoms with van der Waals surface area (Å²) in [6, 6.07) is 3.04. The van der Waals surface area contributed by atoms with Crippen molar-refractivity contribution < 1.29 is 28.6 Å². The molecule has 5 heterocycles. The summed E-state index contributed by atoms with van der Waals surface area (Å²) in [4.78, 5) is 44.0. The van der Waals surface area contributed by atoms with Gasteiger partial charge in [0.1, 0.15) is 18.0 Å². The number of aryl methyl sites for hydroxylation is 1. The summed E-state index contributed by atoms with van der Waals surface area (Å²) in [5.74, 6) is -1.20. The molecule has 2 fully saturated rings. The van der Waals surface area contributed by atoms with E-state index >= 15 is 4.39 Å². The summed E-state index contributed by atoms with van der Waals surface area (Å²) in [5, 5.41) is 15.4. The van der Waals surface area contributed by atoms with E-state index in [0.717, 1.165) is 48.0 Å². The standard InChI is InChI=1S/C31H31FN4O6/c1-3-30(40)19-6-22-25-17(10-36(22)26(37)18(19)11-41-27(30)38)24-23-16(14(2)20(32)7-21(23)35-25)4-5-31(24,42-28(33)39)15-8-29(9-15)12-34-13-29/h6-7,15,34,40H,3-5,8-13H2,1-2H3,(H2,33,39)/t30-,31-/m0/s1. The fourth-order valence-corrected chi connectivity index (χ4v) is 8.46. The number of nitrogens with one attached hydrogen (secondary N) is 1. The first kappa shape index (κ1) is 25.8. The zero-order chi connectivity index (χ0) is 29.3. The number of aliphatic hydroxyl groups is 1. The van der Waals surface area contributed by atoms with E-state index in [-0.39, 0.29) is 53.4 Å². The Morgan fingerprint density at radius 3 is 2.69 bits per heavy atom. The van der Waals surface area contributed by atoms with Crippen LogP contribution in [-0.2, 0) is 45.0 Å². The summed E-state index contributed by atoms with van der Waals surface area (Å²) < 4.78 is 28.2. The molecule has 10 nitrogen and oxygen atoms in total. The Hall–Kier alpha value is -3.83. The van der Waals surface area contributed by atoms with Gasteiger partial charge < -0.3 is 30.2 Å². The van der Waals surface area contributed by atoms with Crippen molar-refractivity contribution >= 4 is 23.0 Å². The number of aromatic nitrogens is 2. The second kappa shape index (κ2) is 8.17. The van der Waals surface area contributed by atoms with Gasteiger partial charge in [-0.15, -0.1) is 0 Å². The monoisotopic (exact) mass is 574 g/mol. The number of cyclic esters (lactones) is 1. The Kier molecular flexibility index (Phi) is 5.03. The molecular weight excluding hydrogens is 543 g/mol. The number of halogens is 1. The Morgan fingerprint density at radius 1 is 1.26 bits per heavy atom. The first-order valence-corrected chi connectivity index (χ1v) is 14.5. The van der Waals surface area contributed by atoms with E-state index < -0.39 is 23.3 Å². The van der Waals surface area contributed by atoms with Crippen molar-refractivity contribution in [3.63, 3.8) is 0 Å². The van der Waals surface area contributed by atoms with E-state index in [4.69, 9.17) is 20.2 Å². The Morgan fingerprint density at radius 2 is 2.02 bits per heavy atom. The molecule has 42 heavy (non-hydrogen) atoms. The van der Waals surface area contributed by atoms with Crippen LogP contribution in [0, 0.1) is 24.1 Å². The van der Waals surface area contributed by atoms with E-state index in [2.05, 4.69) is 5.32 Å². The van der Waals surface area contributed by atoms with Crippen LogP contribution in [0.15, 0.2) is 16.9 Å². The number of nitrogens with two attached hydrogens (primary N) is 1. The predicted octanol–water partition coefficient (Wildman–Crippen LogP) is 2.76. The molecule has 5 aliphatic rings. The first-order chi connectivity index (χ1) is 20.0. The number of hydrogen-bond acceptors (Lipinski definition) is 8. The molecule has 218 valence electrons. The number of nitrogens with zero attached hydrogens (tertiary/aromatic N) is 2. The normalized spacial score (nSPS) is 26.6. The molecule has 0 radical (unpaired) electrons. The maximum atomic E-state index is 15.3. The third-order valence-electron chi connectivity index (χ3n) is 10.8. The minimum absolute atomic E-state index is 0.00912. The molecule has 2 aliphatic carbocycles. The molecule has 4 N–H and O–H groups in total. The lowest BCUT2D eigenvalue weighted by Gasteiger charge is -2.60. The van der Waals surface area contributed by atoms with Crippen molar-refractivity contribution in [1.82, 2.24) is 14.9 Å². The van der Waals surface area contributed by atoms with Crippen LogP contribution in [0.4, 0.5) is 9.18 Å². The second-order valence-electron chi connectivity index (χ2n) is 12.8. The molecular formula is C31H31FN4O6. The van der Waals surface area contributed by atoms with Crippen LogP contribution in [0.3, 0.4) is 0 Å². The zero-order valence-corrected chi connectivity index (χ0v) is 23.4. The van der Waals surface area contributed by atoms with Crippen molar-refractivity contribution in [1.29, 1.82) is 0 Å². The number of amides is 1. The summed E-state index contributed by atoms with van der Waals surface area (Å²) in [7, 11) is 0. The van der Waals surface area contributed by atoms with Gasteiger partial charge in [-0.2, -0.15) is 0 Å². The molecule has 11 heteroatoms. The number of ether oxygens (including phenoxy) is 2. The van der Waals surface area contributed by atoms with Gasteiger partial charge in [0, 0.05) is 47.2 Å². The van der Waals surface area contributed by atoms with Crippen LogP contribution in [-0.4, -0.2) is 39.8 Å². The average molecular weight is 575 g/mol. The lowest BCUT2D eigenvalue weighted by atomic mass is 9.51. The highest BCUT2D eigenvalue weighted by Crippen LogP contribution is 2.61. The van der Waals surface area contributed by atoms with Gasteiger partial charge in [0.05, 0.1) is 29.0 Å². The van der Waals surface area contributed by atoms with Crippen molar-refractivity contribution in [2.24, 2.45) is 17.1 Å². The van der Waals surface area contributed by atoms with Gasteiger partial charge in [-0.25, -0.2) is 19.0 Å². The number of esters is 1. The van der Waals surface area contributed by atoms with E-state index in [9.17, 15) is 19.5 Å². The van der Waals surface area contributed by atoms with Crippen LogP contribution >= 0.6 is 0 Å². The third kappa shape index (κ3) is 3.05. The van der Waals surface area contributed by atoms with Crippen LogP contribution in [0.2, 0.25) is 0 Å². The molecule has 3 aliphatic heterocycles. The molecule has 0 bridgehead atoms. The number of pyridine rings is 2. The van der Waals surface area contributed by atoms with E-state index in [1.54, 1.807) is 24.5 Å². The van der Waals surface area contributed by atoms with Gasteiger partial charge in [0.2, 0.25) is 0 Å². The highest BCUT2D eigenvalue weighted by Gasteiger charge is 2.60. The van der Waals surface area contributed by atoms with Crippen LogP contribution in [0.25, 0.3) is 22.3 Å². The number of primary amides is 1. The number of hydrogen-bond donors (Lipinski definition) is 3. The largest absolute Gasteiger partial charge is 0.458 e. The maximum Gasteiger partial charge on any atom is 0.405 e. The fraction of sp³-hybridized carbons (Fsp3) is 0.484. The zero-order valence-electron chi connectivity index (χ0n) is 23.4. The van der Waals surface area contributed by atoms with Crippen molar-refractivity contribution in [3.05, 3.63) is 61.7 Å². The number of benzene rings is 1. The minimum Gasteiger partial charge on any atom is -0.458 e. The predicted molar refractivity (Wildman–Crippen MR) is 148 cm³/mol. The molecule has 0 unspecified atom stereocenters. The first-order valence-electron chi connectivity index (χ1n) is 14.5. The number of carbonyl (C=O) groups excluding carboxylic acids is 2. The summed E-state index contributed by atoms with van der Waals surface area (Å²) in [6.45, 7) is 5.12. The number of rotatable bonds is 3. The smallest absolute Gasteiger partial charge is 0.405 e. The molecule has 2 atom stereocenters. The average Bonchev–Trinajstić information content (AvgIpc) is 3.27. The van der Waals surface area contributed by atoms with Gasteiger partial charge in [-0.05, 0) is 61.6 Å². The molecule has 1 saturated heterocycles. The van der Waals surface area contributed by atoms with Crippen LogP contribution < -0.4 is 16.6 Å². The van der Waals surface area contributed by atoms with Gasteiger partial charge in [-0.3, -0.25) is 4.79 Å². The molecule has 1 aromatic carbocycles.